The van der Waals surface area contributed by atoms with Crippen molar-refractivity contribution in [2.24, 2.45) is 0 Å². The highest BCUT2D eigenvalue weighted by atomic mass is 32.1. The molecular formula is C22H16FNO3S. The van der Waals surface area contributed by atoms with E-state index in [1.54, 1.807) is 23.6 Å². The van der Waals surface area contributed by atoms with Gasteiger partial charge in [-0.2, -0.15) is 0 Å². The largest absolute Gasteiger partial charge is 0.503 e. The Balaban J connectivity index is 1.81. The van der Waals surface area contributed by atoms with Gasteiger partial charge in [-0.05, 0) is 34.7 Å². The van der Waals surface area contributed by atoms with Crippen LogP contribution in [0, 0.1) is 5.82 Å². The zero-order valence-electron chi connectivity index (χ0n) is 14.7. The second-order valence-electron chi connectivity index (χ2n) is 6.44. The van der Waals surface area contributed by atoms with Crippen LogP contribution >= 0.6 is 11.3 Å². The molecule has 0 bridgehead atoms. The highest BCUT2D eigenvalue weighted by Gasteiger charge is 2.44. The molecule has 140 valence electrons. The first-order valence-corrected chi connectivity index (χ1v) is 9.56. The van der Waals surface area contributed by atoms with E-state index in [-0.39, 0.29) is 12.1 Å². The maximum absolute atomic E-state index is 13.9. The van der Waals surface area contributed by atoms with Gasteiger partial charge >= 0.3 is 0 Å². The number of nitrogens with zero attached hydrogens (tertiary/aromatic N) is 1. The standard InChI is InChI=1S/C22H16FNO3S/c23-16-9-4-8-15(12-16)19-18(20(25)17-10-5-11-28-17)21(26)22(27)24(19)13-14-6-2-1-3-7-14/h1-12,19,26H,13H2. The number of hydrogen-bond donors (Lipinski definition) is 1. The second kappa shape index (κ2) is 7.40. The quantitative estimate of drug-likeness (QED) is 0.641. The highest BCUT2D eigenvalue weighted by Crippen LogP contribution is 2.40. The van der Waals surface area contributed by atoms with Crippen molar-refractivity contribution in [3.63, 3.8) is 0 Å². The third-order valence-electron chi connectivity index (χ3n) is 4.65. The minimum Gasteiger partial charge on any atom is -0.503 e. The third-order valence-corrected chi connectivity index (χ3v) is 5.52. The van der Waals surface area contributed by atoms with Gasteiger partial charge in [0.25, 0.3) is 5.91 Å². The normalized spacial score (nSPS) is 16.7. The number of Topliss-reactive ketones (excluding diaryl/α,β-unsaturated/α-hetero) is 1. The summed E-state index contributed by atoms with van der Waals surface area (Å²) in [5.41, 5.74) is 1.26. The summed E-state index contributed by atoms with van der Waals surface area (Å²) in [6.07, 6.45) is 0. The van der Waals surface area contributed by atoms with Crippen molar-refractivity contribution < 1.29 is 19.1 Å². The van der Waals surface area contributed by atoms with Gasteiger partial charge in [0, 0.05) is 6.54 Å². The maximum atomic E-state index is 13.9. The minimum absolute atomic E-state index is 0.0195. The summed E-state index contributed by atoms with van der Waals surface area (Å²) in [6.45, 7) is 0.187. The van der Waals surface area contributed by atoms with Gasteiger partial charge in [-0.15, -0.1) is 11.3 Å². The molecule has 3 aromatic rings. The number of carbonyl (C=O) groups excluding carboxylic acids is 2. The molecule has 1 amide bonds. The summed E-state index contributed by atoms with van der Waals surface area (Å²) in [5.74, 6) is -2.12. The Hall–Kier alpha value is -3.25. The monoisotopic (exact) mass is 393 g/mol. The van der Waals surface area contributed by atoms with Gasteiger partial charge in [-0.1, -0.05) is 48.5 Å². The number of carbonyl (C=O) groups is 2. The molecule has 0 saturated heterocycles. The average molecular weight is 393 g/mol. The SMILES string of the molecule is O=C(C1=C(O)C(=O)N(Cc2ccccc2)C1c1cccc(F)c1)c1cccs1. The minimum atomic E-state index is -0.863. The number of rotatable bonds is 5. The van der Waals surface area contributed by atoms with Gasteiger partial charge in [-0.3, -0.25) is 9.59 Å². The number of benzene rings is 2. The summed E-state index contributed by atoms with van der Waals surface area (Å²) in [4.78, 5) is 27.7. The summed E-state index contributed by atoms with van der Waals surface area (Å²) in [5, 5.41) is 12.3. The van der Waals surface area contributed by atoms with Gasteiger partial charge in [0.05, 0.1) is 16.5 Å². The Morgan fingerprint density at radius 2 is 1.86 bits per heavy atom. The molecule has 28 heavy (non-hydrogen) atoms. The predicted molar refractivity (Wildman–Crippen MR) is 104 cm³/mol. The lowest BCUT2D eigenvalue weighted by Crippen LogP contribution is -2.30. The van der Waals surface area contributed by atoms with Crippen LogP contribution in [0.25, 0.3) is 0 Å². The number of thiophene rings is 1. The van der Waals surface area contributed by atoms with Crippen molar-refractivity contribution in [2.45, 2.75) is 12.6 Å². The van der Waals surface area contributed by atoms with E-state index in [1.807, 2.05) is 30.3 Å². The van der Waals surface area contributed by atoms with E-state index in [4.69, 9.17) is 0 Å². The van der Waals surface area contributed by atoms with Crippen LogP contribution < -0.4 is 0 Å². The van der Waals surface area contributed by atoms with Crippen molar-refractivity contribution in [1.82, 2.24) is 4.90 Å². The molecule has 0 saturated carbocycles. The molecule has 4 rings (SSSR count). The molecule has 6 heteroatoms. The Morgan fingerprint density at radius 1 is 1.07 bits per heavy atom. The molecule has 1 atom stereocenters. The van der Waals surface area contributed by atoms with Crippen LogP contribution in [0.2, 0.25) is 0 Å². The number of hydrogen-bond acceptors (Lipinski definition) is 4. The summed E-state index contributed by atoms with van der Waals surface area (Å²) in [7, 11) is 0. The predicted octanol–water partition coefficient (Wildman–Crippen LogP) is 4.67. The van der Waals surface area contributed by atoms with Gasteiger partial charge < -0.3 is 10.0 Å². The summed E-state index contributed by atoms with van der Waals surface area (Å²) >= 11 is 1.23. The lowest BCUT2D eigenvalue weighted by molar-refractivity contribution is -0.130. The van der Waals surface area contributed by atoms with Crippen molar-refractivity contribution in [1.29, 1.82) is 0 Å². The number of aliphatic hydroxyl groups excluding tert-OH is 1. The molecule has 2 aromatic carbocycles. The Kier molecular flexibility index (Phi) is 4.79. The molecule has 4 nitrogen and oxygen atoms in total. The van der Waals surface area contributed by atoms with E-state index >= 15 is 0 Å². The van der Waals surface area contributed by atoms with Gasteiger partial charge in [0.15, 0.2) is 5.76 Å². The number of ketones is 1. The molecule has 2 heterocycles. The van der Waals surface area contributed by atoms with E-state index in [0.717, 1.165) is 5.56 Å². The van der Waals surface area contributed by atoms with E-state index in [9.17, 15) is 19.1 Å². The topological polar surface area (TPSA) is 57.6 Å². The number of halogens is 1. The van der Waals surface area contributed by atoms with Crippen LogP contribution in [-0.2, 0) is 11.3 Å². The summed E-state index contributed by atoms with van der Waals surface area (Å²) < 4.78 is 13.9. The van der Waals surface area contributed by atoms with Crippen molar-refractivity contribution in [2.75, 3.05) is 0 Å². The van der Waals surface area contributed by atoms with Crippen LogP contribution in [0.4, 0.5) is 4.39 Å². The van der Waals surface area contributed by atoms with Crippen LogP contribution in [0.5, 0.6) is 0 Å². The van der Waals surface area contributed by atoms with Gasteiger partial charge in [-0.25, -0.2) is 4.39 Å². The Labute approximate surface area is 165 Å². The first-order valence-electron chi connectivity index (χ1n) is 8.68. The molecule has 0 spiro atoms. The second-order valence-corrected chi connectivity index (χ2v) is 7.39. The molecular weight excluding hydrogens is 377 g/mol. The first kappa shape index (κ1) is 18.1. The highest BCUT2D eigenvalue weighted by molar-refractivity contribution is 7.12. The fraction of sp³-hybridized carbons (Fsp3) is 0.0909. The van der Waals surface area contributed by atoms with Crippen molar-refractivity contribution in [3.8, 4) is 0 Å². The maximum Gasteiger partial charge on any atom is 0.290 e. The Bertz CT molecular complexity index is 1060. The lowest BCUT2D eigenvalue weighted by Gasteiger charge is -2.27. The summed E-state index contributed by atoms with van der Waals surface area (Å²) in [6, 6.07) is 17.5. The third kappa shape index (κ3) is 3.23. The molecule has 1 aliphatic heterocycles. The molecule has 1 N–H and O–H groups in total. The van der Waals surface area contributed by atoms with Crippen LogP contribution in [0.15, 0.2) is 83.4 Å². The van der Waals surface area contributed by atoms with E-state index in [1.165, 1.54) is 34.4 Å². The average Bonchev–Trinajstić information content (AvgIpc) is 3.32. The fourth-order valence-corrected chi connectivity index (χ4v) is 4.07. The van der Waals surface area contributed by atoms with Crippen molar-refractivity contribution in [3.05, 3.63) is 105 Å². The number of aliphatic hydroxyl groups is 1. The molecule has 1 aromatic heterocycles. The van der Waals surface area contributed by atoms with E-state index in [2.05, 4.69) is 0 Å². The van der Waals surface area contributed by atoms with E-state index < -0.39 is 29.3 Å². The molecule has 1 aliphatic rings. The number of amides is 1. The van der Waals surface area contributed by atoms with E-state index in [0.29, 0.717) is 10.4 Å². The van der Waals surface area contributed by atoms with Crippen molar-refractivity contribution >= 4 is 23.0 Å². The van der Waals surface area contributed by atoms with Gasteiger partial charge in [0.2, 0.25) is 5.78 Å². The smallest absolute Gasteiger partial charge is 0.290 e. The molecule has 0 radical (unpaired) electrons. The zero-order valence-corrected chi connectivity index (χ0v) is 15.5. The zero-order chi connectivity index (χ0) is 19.7. The van der Waals surface area contributed by atoms with Crippen LogP contribution in [0.3, 0.4) is 0 Å². The Morgan fingerprint density at radius 3 is 2.54 bits per heavy atom. The van der Waals surface area contributed by atoms with Crippen LogP contribution in [-0.4, -0.2) is 21.7 Å². The van der Waals surface area contributed by atoms with Crippen LogP contribution in [0.1, 0.15) is 26.8 Å². The molecule has 0 fully saturated rings. The van der Waals surface area contributed by atoms with Gasteiger partial charge in [0.1, 0.15) is 5.82 Å². The lowest BCUT2D eigenvalue weighted by atomic mass is 9.95. The molecule has 1 unspecified atom stereocenters. The fourth-order valence-electron chi connectivity index (χ4n) is 3.39. The first-order chi connectivity index (χ1) is 13.6. The molecule has 0 aliphatic carbocycles.